The van der Waals surface area contributed by atoms with Crippen LogP contribution in [0, 0.1) is 5.92 Å². The number of aromatic amines is 1. The molecule has 0 spiro atoms. The summed E-state index contributed by atoms with van der Waals surface area (Å²) in [5.74, 6) is 1.13. The summed E-state index contributed by atoms with van der Waals surface area (Å²) in [4.78, 5) is 3.33. The highest BCUT2D eigenvalue weighted by atomic mass is 14.9. The number of nitrogens with one attached hydrogen (secondary N) is 2. The molecule has 0 radical (unpaired) electrons. The molecule has 2 nitrogen and oxygen atoms in total. The normalized spacial score (nSPS) is 13.6. The summed E-state index contributed by atoms with van der Waals surface area (Å²) in [7, 11) is 0. The Kier molecular flexibility index (Phi) is 16.7. The zero-order valence-electron chi connectivity index (χ0n) is 22.7. The van der Waals surface area contributed by atoms with Gasteiger partial charge in [-0.05, 0) is 56.7 Å². The van der Waals surface area contributed by atoms with E-state index >= 15 is 0 Å². The van der Waals surface area contributed by atoms with Gasteiger partial charge in [0.25, 0.3) is 0 Å². The molecule has 1 aliphatic rings. The maximum Gasteiger partial charge on any atom is 0.0476 e. The molecule has 1 aromatic heterocycles. The molecular formula is C31H50N2. The predicted octanol–water partition coefficient (Wildman–Crippen LogP) is 9.53. The van der Waals surface area contributed by atoms with Gasteiger partial charge in [-0.15, -0.1) is 0 Å². The highest BCUT2D eigenvalue weighted by molar-refractivity contribution is 5.83. The van der Waals surface area contributed by atoms with Gasteiger partial charge in [-0.25, -0.2) is 0 Å². The highest BCUT2D eigenvalue weighted by Crippen LogP contribution is 2.31. The van der Waals surface area contributed by atoms with Crippen LogP contribution in [0.5, 0.6) is 0 Å². The Labute approximate surface area is 205 Å². The van der Waals surface area contributed by atoms with Gasteiger partial charge in [0.2, 0.25) is 0 Å². The lowest BCUT2D eigenvalue weighted by atomic mass is 10.1. The molecule has 1 fully saturated rings. The van der Waals surface area contributed by atoms with Crippen LogP contribution in [0.3, 0.4) is 0 Å². The van der Waals surface area contributed by atoms with Crippen molar-refractivity contribution < 1.29 is 0 Å². The summed E-state index contributed by atoms with van der Waals surface area (Å²) in [5, 5.41) is 4.76. The minimum Gasteiger partial charge on any atom is -0.382 e. The van der Waals surface area contributed by atoms with Crippen molar-refractivity contribution in [2.75, 3.05) is 0 Å². The van der Waals surface area contributed by atoms with Gasteiger partial charge in [0, 0.05) is 28.8 Å². The number of para-hydroxylation sites is 1. The Bertz CT molecular complexity index is 862. The molecule has 0 aliphatic heterocycles. The van der Waals surface area contributed by atoms with Crippen molar-refractivity contribution >= 4 is 10.9 Å². The van der Waals surface area contributed by atoms with Gasteiger partial charge in [0.05, 0.1) is 0 Å². The van der Waals surface area contributed by atoms with E-state index in [1.54, 1.807) is 0 Å². The van der Waals surface area contributed by atoms with E-state index in [1.165, 1.54) is 41.3 Å². The third-order valence-electron chi connectivity index (χ3n) is 5.64. The smallest absolute Gasteiger partial charge is 0.0476 e. The molecule has 1 saturated carbocycles. The van der Waals surface area contributed by atoms with Gasteiger partial charge in [-0.1, -0.05) is 109 Å². The van der Waals surface area contributed by atoms with E-state index in [0.29, 0.717) is 0 Å². The lowest BCUT2D eigenvalue weighted by Gasteiger charge is -2.17. The Balaban J connectivity index is 0.000000967. The maximum absolute atomic E-state index is 4.17. The summed E-state index contributed by atoms with van der Waals surface area (Å²) < 4.78 is 0. The number of aromatic nitrogens is 1. The molecule has 3 rings (SSSR count). The maximum atomic E-state index is 4.17. The average Bonchev–Trinajstić information content (AvgIpc) is 3.62. The monoisotopic (exact) mass is 450 g/mol. The molecule has 1 atom stereocenters. The first-order chi connectivity index (χ1) is 15.9. The fourth-order valence-electron chi connectivity index (χ4n) is 3.10. The second-order valence-electron chi connectivity index (χ2n) is 8.12. The van der Waals surface area contributed by atoms with Crippen molar-refractivity contribution in [3.05, 3.63) is 84.3 Å². The first-order valence-corrected chi connectivity index (χ1v) is 12.9. The number of H-pyrrole nitrogens is 1. The van der Waals surface area contributed by atoms with Crippen LogP contribution >= 0.6 is 0 Å². The van der Waals surface area contributed by atoms with E-state index in [9.17, 15) is 0 Å². The van der Waals surface area contributed by atoms with Crippen molar-refractivity contribution in [1.29, 1.82) is 0 Å². The molecule has 2 N–H and O–H groups in total. The first kappa shape index (κ1) is 30.5. The fraction of sp³-hybridized carbons (Fsp3) is 0.484. The quantitative estimate of drug-likeness (QED) is 0.366. The van der Waals surface area contributed by atoms with Crippen LogP contribution in [-0.2, 0) is 6.42 Å². The topological polar surface area (TPSA) is 27.8 Å². The Morgan fingerprint density at radius 2 is 1.76 bits per heavy atom. The number of benzene rings is 1. The Morgan fingerprint density at radius 3 is 2.30 bits per heavy atom. The summed E-state index contributed by atoms with van der Waals surface area (Å²) in [6.07, 6.45) is 14.7. The van der Waals surface area contributed by atoms with E-state index in [0.717, 1.165) is 30.0 Å². The first-order valence-electron chi connectivity index (χ1n) is 12.9. The van der Waals surface area contributed by atoms with Crippen molar-refractivity contribution in [3.63, 3.8) is 0 Å². The second kappa shape index (κ2) is 18.0. The predicted molar refractivity (Wildman–Crippen MR) is 152 cm³/mol. The third-order valence-corrected chi connectivity index (χ3v) is 5.64. The SMILES string of the molecule is C=C(CCc1c[nH]c2ccccc12)NC(C)C(=C)/C=C\C(C)=C/C.CC.CC.CCC1CC1. The fourth-order valence-corrected chi connectivity index (χ4v) is 3.10. The molecular weight excluding hydrogens is 400 g/mol. The largest absolute Gasteiger partial charge is 0.382 e. The molecule has 0 amide bonds. The number of rotatable bonds is 9. The molecule has 1 heterocycles. The standard InChI is InChI=1S/C22H28N2.C5H10.2C2H6/c1-6-16(2)11-12-17(3)19(5)24-18(4)13-14-20-15-23-22-10-8-7-9-21(20)22;1-2-5-3-4-5;2*1-2/h6-12,15,19,23-24H,3-4,13-14H2,1-2,5H3;5H,2-4H2,1H3;2*1-2H3/b12-11-,16-6-;;;. The molecule has 2 heteroatoms. The van der Waals surface area contributed by atoms with Crippen molar-refractivity contribution in [2.45, 2.75) is 93.5 Å². The van der Waals surface area contributed by atoms with Crippen molar-refractivity contribution in [3.8, 4) is 0 Å². The van der Waals surface area contributed by atoms with E-state index in [1.807, 2.05) is 34.6 Å². The lowest BCUT2D eigenvalue weighted by Crippen LogP contribution is -2.26. The number of aryl methyl sites for hydroxylation is 1. The Hall–Kier alpha value is -2.48. The van der Waals surface area contributed by atoms with Gasteiger partial charge in [0.1, 0.15) is 0 Å². The molecule has 1 aliphatic carbocycles. The molecule has 0 bridgehead atoms. The molecule has 2 aromatic rings. The summed E-state index contributed by atoms with van der Waals surface area (Å²) in [5.41, 5.74) is 5.87. The average molecular weight is 451 g/mol. The molecule has 184 valence electrons. The lowest BCUT2D eigenvalue weighted by molar-refractivity contribution is 0.675. The third kappa shape index (κ3) is 12.4. The van der Waals surface area contributed by atoms with Crippen LogP contribution < -0.4 is 5.32 Å². The van der Waals surface area contributed by atoms with Crippen molar-refractivity contribution in [1.82, 2.24) is 10.3 Å². The minimum atomic E-state index is 0.182. The van der Waals surface area contributed by atoms with Crippen LogP contribution in [0.1, 0.15) is 86.6 Å². The van der Waals surface area contributed by atoms with Crippen LogP contribution in [-0.4, -0.2) is 11.0 Å². The molecule has 33 heavy (non-hydrogen) atoms. The molecule has 0 saturated heterocycles. The minimum absolute atomic E-state index is 0.182. The number of fused-ring (bicyclic) bond motifs is 1. The molecule has 1 unspecified atom stereocenters. The summed E-state index contributed by atoms with van der Waals surface area (Å²) >= 11 is 0. The van der Waals surface area contributed by atoms with Gasteiger partial charge < -0.3 is 10.3 Å². The summed E-state index contributed by atoms with van der Waals surface area (Å²) in [6, 6.07) is 8.59. The van der Waals surface area contributed by atoms with E-state index in [-0.39, 0.29) is 6.04 Å². The number of allylic oxidation sites excluding steroid dienone is 4. The Morgan fingerprint density at radius 1 is 1.12 bits per heavy atom. The zero-order valence-corrected chi connectivity index (χ0v) is 22.7. The van der Waals surface area contributed by atoms with Gasteiger partial charge in [-0.2, -0.15) is 0 Å². The van der Waals surface area contributed by atoms with Crippen LogP contribution in [0.4, 0.5) is 0 Å². The van der Waals surface area contributed by atoms with E-state index < -0.39 is 0 Å². The van der Waals surface area contributed by atoms with E-state index in [4.69, 9.17) is 0 Å². The summed E-state index contributed by atoms with van der Waals surface area (Å²) in [6.45, 7) is 24.8. The van der Waals surface area contributed by atoms with Gasteiger partial charge >= 0.3 is 0 Å². The van der Waals surface area contributed by atoms with Crippen LogP contribution in [0.15, 0.2) is 78.7 Å². The number of hydrogen-bond acceptors (Lipinski definition) is 1. The van der Waals surface area contributed by atoms with Gasteiger partial charge in [-0.3, -0.25) is 0 Å². The van der Waals surface area contributed by atoms with Gasteiger partial charge in [0.15, 0.2) is 0 Å². The highest BCUT2D eigenvalue weighted by Gasteiger charge is 2.17. The molecule has 1 aromatic carbocycles. The van der Waals surface area contributed by atoms with Crippen molar-refractivity contribution in [2.24, 2.45) is 5.92 Å². The zero-order chi connectivity index (χ0) is 25.2. The van der Waals surface area contributed by atoms with E-state index in [2.05, 4.69) is 92.9 Å². The second-order valence-corrected chi connectivity index (χ2v) is 8.12. The van der Waals surface area contributed by atoms with Crippen LogP contribution in [0.25, 0.3) is 10.9 Å². The van der Waals surface area contributed by atoms with Crippen LogP contribution in [0.2, 0.25) is 0 Å². The number of hydrogen-bond donors (Lipinski definition) is 2.